The van der Waals surface area contributed by atoms with Crippen molar-refractivity contribution in [1.82, 2.24) is 36.8 Å². The molecule has 19 heteroatoms. The van der Waals surface area contributed by atoms with E-state index in [1.165, 1.54) is 49.9 Å². The number of hydrogen-bond donors (Lipinski definition) is 6. The van der Waals surface area contributed by atoms with Crippen LogP contribution in [0.1, 0.15) is 81.0 Å². The van der Waals surface area contributed by atoms with Gasteiger partial charge in [0, 0.05) is 50.8 Å². The van der Waals surface area contributed by atoms with Gasteiger partial charge in [0.1, 0.15) is 12.1 Å². The summed E-state index contributed by atoms with van der Waals surface area (Å²) < 4.78 is 50.3. The molecule has 0 saturated carbocycles. The Balaban J connectivity index is 1.74. The van der Waals surface area contributed by atoms with E-state index in [0.29, 0.717) is 26.1 Å². The summed E-state index contributed by atoms with van der Waals surface area (Å²) in [7, 11) is 0. The van der Waals surface area contributed by atoms with E-state index in [9.17, 15) is 46.7 Å². The van der Waals surface area contributed by atoms with Crippen molar-refractivity contribution in [2.75, 3.05) is 59.2 Å². The highest BCUT2D eigenvalue weighted by molar-refractivity contribution is 6.00. The number of benzene rings is 1. The number of alkyl halides is 3. The lowest BCUT2D eigenvalue weighted by atomic mass is 9.98. The highest BCUT2D eigenvalue weighted by Crippen LogP contribution is 2.24. The van der Waals surface area contributed by atoms with Crippen LogP contribution in [0, 0.1) is 11.8 Å². The van der Waals surface area contributed by atoms with E-state index in [1.54, 1.807) is 13.8 Å². The predicted octanol–water partition coefficient (Wildman–Crippen LogP) is 1.68. The lowest BCUT2D eigenvalue weighted by molar-refractivity contribution is -0.175. The number of unbranched alkanes of at least 4 members (excludes halogenated alkanes) is 1. The zero-order valence-electron chi connectivity index (χ0n) is 32.6. The van der Waals surface area contributed by atoms with Crippen LogP contribution in [0.3, 0.4) is 0 Å². The SMILES string of the molecule is CC(=O)NCCCCNC(=O)NCCOCCOCCNC(=O)c1ccc(C(=O)N[C@H](C(=O)N2CCCC2C(=O)NC(C(=O)C(F)(F)F)C(C)C)C(C)C)cc1. The van der Waals surface area contributed by atoms with Gasteiger partial charge in [-0.1, -0.05) is 27.7 Å². The second-order valence-corrected chi connectivity index (χ2v) is 13.9. The van der Waals surface area contributed by atoms with Gasteiger partial charge >= 0.3 is 12.2 Å². The Kier molecular flexibility index (Phi) is 20.3. The second-order valence-electron chi connectivity index (χ2n) is 13.9. The highest BCUT2D eigenvalue weighted by Gasteiger charge is 2.46. The molecule has 0 bridgehead atoms. The van der Waals surface area contributed by atoms with Crippen molar-refractivity contribution in [3.8, 4) is 0 Å². The molecule has 0 radical (unpaired) electrons. The molecule has 1 heterocycles. The van der Waals surface area contributed by atoms with Crippen LogP contribution in [0.2, 0.25) is 0 Å². The van der Waals surface area contributed by atoms with Gasteiger partial charge in [0.25, 0.3) is 17.6 Å². The fourth-order valence-corrected chi connectivity index (χ4v) is 5.63. The third-order valence-corrected chi connectivity index (χ3v) is 8.69. The van der Waals surface area contributed by atoms with Gasteiger partial charge in [-0.25, -0.2) is 4.79 Å². The molecule has 0 spiro atoms. The third kappa shape index (κ3) is 16.5. The lowest BCUT2D eigenvalue weighted by Crippen LogP contribution is -2.58. The minimum atomic E-state index is -5.14. The molecule has 1 aliphatic heterocycles. The molecule has 2 unspecified atom stereocenters. The molecule has 6 N–H and O–H groups in total. The smallest absolute Gasteiger partial charge is 0.377 e. The first-order valence-electron chi connectivity index (χ1n) is 18.8. The largest absolute Gasteiger partial charge is 0.452 e. The highest BCUT2D eigenvalue weighted by atomic mass is 19.4. The molecule has 1 fully saturated rings. The average molecular weight is 800 g/mol. The number of urea groups is 1. The number of amides is 7. The summed E-state index contributed by atoms with van der Waals surface area (Å²) in [6.45, 7) is 10.4. The first kappa shape index (κ1) is 47.4. The molecule has 0 aliphatic carbocycles. The van der Waals surface area contributed by atoms with Gasteiger partial charge in [0.15, 0.2) is 0 Å². The van der Waals surface area contributed by atoms with Crippen LogP contribution < -0.4 is 31.9 Å². The van der Waals surface area contributed by atoms with E-state index in [0.717, 1.165) is 12.8 Å². The maximum atomic E-state index is 13.6. The van der Waals surface area contributed by atoms with Crippen molar-refractivity contribution in [2.45, 2.75) is 84.6 Å². The fourth-order valence-electron chi connectivity index (χ4n) is 5.63. The molecule has 3 atom stereocenters. The van der Waals surface area contributed by atoms with E-state index < -0.39 is 65.5 Å². The number of hydrogen-bond acceptors (Lipinski definition) is 9. The Morgan fingerprint density at radius 3 is 1.77 bits per heavy atom. The van der Waals surface area contributed by atoms with Crippen molar-refractivity contribution in [3.05, 3.63) is 35.4 Å². The number of ketones is 1. The number of halogens is 3. The number of nitrogens with zero attached hydrogens (tertiary/aromatic N) is 1. The molecule has 1 aliphatic rings. The molecule has 2 rings (SSSR count). The molecule has 56 heavy (non-hydrogen) atoms. The Morgan fingerprint density at radius 1 is 0.714 bits per heavy atom. The minimum Gasteiger partial charge on any atom is -0.377 e. The monoisotopic (exact) mass is 799 g/mol. The summed E-state index contributed by atoms with van der Waals surface area (Å²) in [4.78, 5) is 88.2. The fraction of sp³-hybridized carbons (Fsp3) is 0.649. The molecule has 7 amide bonds. The van der Waals surface area contributed by atoms with Gasteiger partial charge < -0.3 is 46.3 Å². The zero-order chi connectivity index (χ0) is 41.8. The van der Waals surface area contributed by atoms with Gasteiger partial charge in [-0.05, 0) is 61.8 Å². The van der Waals surface area contributed by atoms with Crippen LogP contribution in [0.15, 0.2) is 24.3 Å². The Bertz CT molecular complexity index is 1480. The molecule has 0 aromatic heterocycles. The van der Waals surface area contributed by atoms with Crippen LogP contribution in [0.25, 0.3) is 0 Å². The average Bonchev–Trinajstić information content (AvgIpc) is 3.64. The predicted molar refractivity (Wildman–Crippen MR) is 198 cm³/mol. The maximum absolute atomic E-state index is 13.6. The van der Waals surface area contributed by atoms with Crippen molar-refractivity contribution in [1.29, 1.82) is 0 Å². The number of carbonyl (C=O) groups is 7. The van der Waals surface area contributed by atoms with Crippen molar-refractivity contribution >= 4 is 41.4 Å². The molecular formula is C37H56F3N7O9. The quantitative estimate of drug-likeness (QED) is 0.0888. The first-order valence-corrected chi connectivity index (χ1v) is 18.8. The zero-order valence-corrected chi connectivity index (χ0v) is 32.6. The first-order chi connectivity index (χ1) is 26.4. The van der Waals surface area contributed by atoms with Crippen LogP contribution in [0.5, 0.6) is 0 Å². The third-order valence-electron chi connectivity index (χ3n) is 8.69. The molecule has 16 nitrogen and oxygen atoms in total. The second kappa shape index (κ2) is 24.0. The van der Waals surface area contributed by atoms with E-state index in [4.69, 9.17) is 9.47 Å². The topological polar surface area (TPSA) is 213 Å². The van der Waals surface area contributed by atoms with Crippen LogP contribution in [-0.4, -0.2) is 130 Å². The van der Waals surface area contributed by atoms with Gasteiger partial charge in [-0.15, -0.1) is 0 Å². The molecule has 1 aromatic rings. The van der Waals surface area contributed by atoms with E-state index in [1.807, 2.05) is 0 Å². The summed E-state index contributed by atoms with van der Waals surface area (Å²) in [6.07, 6.45) is -3.06. The van der Waals surface area contributed by atoms with E-state index in [2.05, 4.69) is 31.9 Å². The standard InChI is InChI=1S/C37H56F3N7O9/c1-23(2)29(31(49)37(38,39)40)45-34(52)28-9-8-18-47(28)35(53)30(24(3)4)46-33(51)27-12-10-26(11-13-27)32(50)42-16-19-55-21-22-56-20-17-44-36(54)43-15-7-6-14-41-25(5)48/h10-13,23-24,28-30H,6-9,14-22H2,1-5H3,(H,41,48)(H,42,50)(H,45,52)(H,46,51)(H2,43,44,54)/t28?,29?,30-/m0/s1. The van der Waals surface area contributed by atoms with E-state index >= 15 is 0 Å². The van der Waals surface area contributed by atoms with E-state index in [-0.39, 0.29) is 69.0 Å². The molecule has 314 valence electrons. The summed E-state index contributed by atoms with van der Waals surface area (Å²) in [5.74, 6) is -5.90. The normalized spacial score (nSPS) is 15.2. The summed E-state index contributed by atoms with van der Waals surface area (Å²) in [5.41, 5.74) is 0.438. The molecule has 1 saturated heterocycles. The molecular weight excluding hydrogens is 743 g/mol. The summed E-state index contributed by atoms with van der Waals surface area (Å²) in [6, 6.07) is 1.43. The Hall–Kier alpha value is -4.78. The number of nitrogens with one attached hydrogen (secondary N) is 6. The van der Waals surface area contributed by atoms with Gasteiger partial charge in [0.2, 0.25) is 17.7 Å². The summed E-state index contributed by atoms with van der Waals surface area (Å²) in [5, 5.41) is 15.6. The van der Waals surface area contributed by atoms with Crippen molar-refractivity contribution in [2.24, 2.45) is 11.8 Å². The summed E-state index contributed by atoms with van der Waals surface area (Å²) >= 11 is 0. The van der Waals surface area contributed by atoms with Crippen LogP contribution in [-0.2, 0) is 28.7 Å². The van der Waals surface area contributed by atoms with Crippen LogP contribution >= 0.6 is 0 Å². The number of rotatable bonds is 23. The number of Topliss-reactive ketones (excluding diaryl/α,β-unsaturated/α-hetero) is 1. The maximum Gasteiger partial charge on any atom is 0.452 e. The van der Waals surface area contributed by atoms with Gasteiger partial charge in [-0.3, -0.25) is 28.8 Å². The lowest BCUT2D eigenvalue weighted by Gasteiger charge is -2.32. The van der Waals surface area contributed by atoms with Crippen LogP contribution in [0.4, 0.5) is 18.0 Å². The van der Waals surface area contributed by atoms with Gasteiger partial charge in [0.05, 0.1) is 32.5 Å². The van der Waals surface area contributed by atoms with Crippen molar-refractivity contribution < 1.29 is 56.2 Å². The minimum absolute atomic E-state index is 0.0870. The Morgan fingerprint density at radius 2 is 1.23 bits per heavy atom. The van der Waals surface area contributed by atoms with Gasteiger partial charge in [-0.2, -0.15) is 13.2 Å². The molecule has 1 aromatic carbocycles. The van der Waals surface area contributed by atoms with Crippen molar-refractivity contribution in [3.63, 3.8) is 0 Å². The Labute approximate surface area is 325 Å². The number of likely N-dealkylation sites (tertiary alicyclic amines) is 1. The number of carbonyl (C=O) groups excluding carboxylic acids is 7. The number of ether oxygens (including phenoxy) is 2.